The van der Waals surface area contributed by atoms with Crippen LogP contribution in [0.5, 0.6) is 5.88 Å². The largest absolute Gasteiger partial charge is 0.481 e. The number of hydrogen-bond donors (Lipinski definition) is 2. The van der Waals surface area contributed by atoms with Gasteiger partial charge in [-0.05, 0) is 25.8 Å². The predicted molar refractivity (Wildman–Crippen MR) is 76.5 cm³/mol. The van der Waals surface area contributed by atoms with Crippen LogP contribution in [0.2, 0.25) is 0 Å². The molecule has 1 aromatic heterocycles. The summed E-state index contributed by atoms with van der Waals surface area (Å²) in [7, 11) is 1.55. The van der Waals surface area contributed by atoms with Gasteiger partial charge in [0.1, 0.15) is 0 Å². The summed E-state index contributed by atoms with van der Waals surface area (Å²) in [6.45, 7) is 3.82. The zero-order chi connectivity index (χ0) is 13.9. The molecule has 1 saturated heterocycles. The number of rotatable bonds is 3. The van der Waals surface area contributed by atoms with Crippen molar-refractivity contribution in [2.24, 2.45) is 0 Å². The van der Waals surface area contributed by atoms with E-state index >= 15 is 0 Å². The van der Waals surface area contributed by atoms with E-state index in [1.54, 1.807) is 19.2 Å². The van der Waals surface area contributed by atoms with Crippen molar-refractivity contribution in [3.8, 4) is 5.88 Å². The van der Waals surface area contributed by atoms with Crippen LogP contribution in [-0.2, 0) is 0 Å². The standard InChI is InChI=1S/C13H19N3O2S/c1-13(5-7-16(19)8-6-13)15-12(17)10-3-4-11(18-2)14-9-10/h3-4,9,19H,5-8H2,1-2H3,(H,15,17). The molecule has 1 aliphatic heterocycles. The van der Waals surface area contributed by atoms with E-state index in [0.29, 0.717) is 11.4 Å². The van der Waals surface area contributed by atoms with Gasteiger partial charge in [-0.25, -0.2) is 4.98 Å². The highest BCUT2D eigenvalue weighted by atomic mass is 32.1. The molecule has 0 atom stereocenters. The smallest absolute Gasteiger partial charge is 0.253 e. The molecule has 0 saturated carbocycles. The molecule has 0 aromatic carbocycles. The van der Waals surface area contributed by atoms with Gasteiger partial charge in [0.15, 0.2) is 0 Å². The number of hydrogen-bond acceptors (Lipinski definition) is 5. The van der Waals surface area contributed by atoms with E-state index in [0.717, 1.165) is 25.9 Å². The number of piperidine rings is 1. The maximum Gasteiger partial charge on any atom is 0.253 e. The highest BCUT2D eigenvalue weighted by Gasteiger charge is 2.30. The normalized spacial score (nSPS) is 18.9. The van der Waals surface area contributed by atoms with Gasteiger partial charge in [-0.15, -0.1) is 0 Å². The first kappa shape index (κ1) is 14.1. The third-order valence-corrected chi connectivity index (χ3v) is 3.87. The monoisotopic (exact) mass is 281 g/mol. The Morgan fingerprint density at radius 1 is 1.47 bits per heavy atom. The molecule has 1 amide bonds. The Balaban J connectivity index is 1.99. The van der Waals surface area contributed by atoms with Gasteiger partial charge >= 0.3 is 0 Å². The van der Waals surface area contributed by atoms with Crippen molar-refractivity contribution in [1.29, 1.82) is 0 Å². The Morgan fingerprint density at radius 3 is 2.68 bits per heavy atom. The highest BCUT2D eigenvalue weighted by molar-refractivity contribution is 7.77. The van der Waals surface area contributed by atoms with Gasteiger partial charge < -0.3 is 10.1 Å². The van der Waals surface area contributed by atoms with Crippen LogP contribution in [0.3, 0.4) is 0 Å². The number of nitrogens with one attached hydrogen (secondary N) is 1. The summed E-state index contributed by atoms with van der Waals surface area (Å²) in [5.74, 6) is 0.413. The molecule has 0 radical (unpaired) electrons. The second kappa shape index (κ2) is 5.79. The van der Waals surface area contributed by atoms with Gasteiger partial charge in [0, 0.05) is 30.9 Å². The zero-order valence-corrected chi connectivity index (χ0v) is 12.1. The number of nitrogens with zero attached hydrogens (tertiary/aromatic N) is 2. The van der Waals surface area contributed by atoms with E-state index in [1.165, 1.54) is 6.20 Å². The summed E-state index contributed by atoms with van der Waals surface area (Å²) >= 11 is 4.32. The molecule has 2 heterocycles. The number of aromatic nitrogens is 1. The van der Waals surface area contributed by atoms with Gasteiger partial charge in [-0.2, -0.15) is 0 Å². The fourth-order valence-electron chi connectivity index (χ4n) is 2.10. The van der Waals surface area contributed by atoms with Gasteiger partial charge in [0.05, 0.1) is 12.7 Å². The van der Waals surface area contributed by atoms with Crippen LogP contribution in [0.4, 0.5) is 0 Å². The van der Waals surface area contributed by atoms with Crippen molar-refractivity contribution in [2.75, 3.05) is 20.2 Å². The quantitative estimate of drug-likeness (QED) is 0.825. The third kappa shape index (κ3) is 3.61. The lowest BCUT2D eigenvalue weighted by atomic mass is 9.90. The van der Waals surface area contributed by atoms with Crippen molar-refractivity contribution in [2.45, 2.75) is 25.3 Å². The maximum atomic E-state index is 12.2. The molecule has 2 rings (SSSR count). The molecule has 0 spiro atoms. The number of carbonyl (C=O) groups is 1. The van der Waals surface area contributed by atoms with Crippen LogP contribution in [-0.4, -0.2) is 40.9 Å². The maximum absolute atomic E-state index is 12.2. The predicted octanol–water partition coefficient (Wildman–Crippen LogP) is 1.52. The Hall–Kier alpha value is -1.27. The Kier molecular flexibility index (Phi) is 4.31. The van der Waals surface area contributed by atoms with Crippen LogP contribution in [0.15, 0.2) is 18.3 Å². The molecular weight excluding hydrogens is 262 g/mol. The Bertz CT molecular complexity index is 442. The molecule has 6 heteroatoms. The molecule has 0 unspecified atom stereocenters. The summed E-state index contributed by atoms with van der Waals surface area (Å²) in [6.07, 6.45) is 3.32. The molecule has 1 fully saturated rings. The Morgan fingerprint density at radius 2 is 2.16 bits per heavy atom. The van der Waals surface area contributed by atoms with Crippen molar-refractivity contribution >= 4 is 18.7 Å². The lowest BCUT2D eigenvalue weighted by molar-refractivity contribution is 0.0873. The van der Waals surface area contributed by atoms with E-state index in [1.807, 2.05) is 4.31 Å². The molecule has 0 aliphatic carbocycles. The van der Waals surface area contributed by atoms with Crippen molar-refractivity contribution < 1.29 is 9.53 Å². The van der Waals surface area contributed by atoms with Gasteiger partial charge in [0.2, 0.25) is 5.88 Å². The topological polar surface area (TPSA) is 54.5 Å². The summed E-state index contributed by atoms with van der Waals surface area (Å²) < 4.78 is 6.95. The van der Waals surface area contributed by atoms with E-state index in [-0.39, 0.29) is 11.4 Å². The molecule has 1 aliphatic rings. The van der Waals surface area contributed by atoms with Crippen LogP contribution in [0.1, 0.15) is 30.1 Å². The number of amides is 1. The minimum Gasteiger partial charge on any atom is -0.481 e. The number of pyridine rings is 1. The summed E-state index contributed by atoms with van der Waals surface area (Å²) in [4.78, 5) is 16.2. The van der Waals surface area contributed by atoms with E-state index in [9.17, 15) is 4.79 Å². The molecule has 1 aromatic rings. The van der Waals surface area contributed by atoms with Crippen molar-refractivity contribution in [1.82, 2.24) is 14.6 Å². The number of methoxy groups -OCH3 is 1. The SMILES string of the molecule is COc1ccc(C(=O)NC2(C)CCN(S)CC2)cn1. The molecule has 19 heavy (non-hydrogen) atoms. The molecule has 1 N–H and O–H groups in total. The summed E-state index contributed by atoms with van der Waals surface area (Å²) in [6, 6.07) is 3.41. The van der Waals surface area contributed by atoms with E-state index in [4.69, 9.17) is 4.74 Å². The average molecular weight is 281 g/mol. The van der Waals surface area contributed by atoms with E-state index in [2.05, 4.69) is 30.0 Å². The second-order valence-corrected chi connectivity index (χ2v) is 5.62. The minimum absolute atomic E-state index is 0.0923. The average Bonchev–Trinajstić information content (AvgIpc) is 2.42. The molecule has 0 bridgehead atoms. The molecule has 104 valence electrons. The first-order chi connectivity index (χ1) is 9.02. The lowest BCUT2D eigenvalue weighted by Crippen LogP contribution is -2.51. The van der Waals surface area contributed by atoms with Crippen LogP contribution >= 0.6 is 12.8 Å². The van der Waals surface area contributed by atoms with Gasteiger partial charge in [-0.1, -0.05) is 12.8 Å². The molecule has 5 nitrogen and oxygen atoms in total. The Labute approximate surface area is 118 Å². The lowest BCUT2D eigenvalue weighted by Gasteiger charge is -2.37. The minimum atomic E-state index is -0.170. The first-order valence-corrected chi connectivity index (χ1v) is 6.69. The van der Waals surface area contributed by atoms with E-state index < -0.39 is 0 Å². The zero-order valence-electron chi connectivity index (χ0n) is 11.2. The van der Waals surface area contributed by atoms with Crippen LogP contribution < -0.4 is 10.1 Å². The van der Waals surface area contributed by atoms with Gasteiger partial charge in [0.25, 0.3) is 5.91 Å². The van der Waals surface area contributed by atoms with Crippen molar-refractivity contribution in [3.05, 3.63) is 23.9 Å². The second-order valence-electron chi connectivity index (χ2n) is 5.06. The number of ether oxygens (including phenoxy) is 1. The van der Waals surface area contributed by atoms with Crippen LogP contribution in [0.25, 0.3) is 0 Å². The highest BCUT2D eigenvalue weighted by Crippen LogP contribution is 2.23. The summed E-state index contributed by atoms with van der Waals surface area (Å²) in [5, 5.41) is 3.09. The van der Waals surface area contributed by atoms with Crippen LogP contribution in [0, 0.1) is 0 Å². The molecular formula is C13H19N3O2S. The third-order valence-electron chi connectivity index (χ3n) is 3.47. The number of carbonyl (C=O) groups excluding carboxylic acids is 1. The first-order valence-electron chi connectivity index (χ1n) is 6.29. The van der Waals surface area contributed by atoms with Gasteiger partial charge in [-0.3, -0.25) is 9.10 Å². The fourth-order valence-corrected chi connectivity index (χ4v) is 2.30. The number of thiol groups is 1. The summed E-state index contributed by atoms with van der Waals surface area (Å²) in [5.41, 5.74) is 0.381. The van der Waals surface area contributed by atoms with Crippen molar-refractivity contribution in [3.63, 3.8) is 0 Å². The fraction of sp³-hybridized carbons (Fsp3) is 0.538.